The number of anilines is 1. The third-order valence-electron chi connectivity index (χ3n) is 2.52. The zero-order valence-corrected chi connectivity index (χ0v) is 11.7. The summed E-state index contributed by atoms with van der Waals surface area (Å²) in [5.41, 5.74) is 1.96. The van der Waals surface area contributed by atoms with E-state index in [1.807, 2.05) is 19.1 Å². The molecule has 6 heteroatoms. The first kappa shape index (κ1) is 13.7. The molecule has 0 heterocycles. The van der Waals surface area contributed by atoms with E-state index >= 15 is 0 Å². The molecule has 0 atom stereocenters. The maximum atomic E-state index is 10.9. The van der Waals surface area contributed by atoms with Gasteiger partial charge in [-0.05, 0) is 48.7 Å². The molecule has 2 rings (SSSR count). The molecule has 98 valence electrons. The molecule has 0 unspecified atom stereocenters. The van der Waals surface area contributed by atoms with E-state index in [1.54, 1.807) is 24.3 Å². The van der Waals surface area contributed by atoms with Crippen molar-refractivity contribution in [3.8, 4) is 0 Å². The zero-order valence-electron chi connectivity index (χ0n) is 10.1. The second-order valence-corrected chi connectivity index (χ2v) is 5.17. The van der Waals surface area contributed by atoms with E-state index in [0.717, 1.165) is 11.3 Å². The molecular weight excluding hydrogens is 284 g/mol. The van der Waals surface area contributed by atoms with Crippen LogP contribution in [0.3, 0.4) is 0 Å². The Hall–Kier alpha value is -1.72. The molecule has 0 spiro atoms. The zero-order chi connectivity index (χ0) is 13.8. The minimum absolute atomic E-state index is 0.0895. The Labute approximate surface area is 120 Å². The number of nitro groups is 1. The van der Waals surface area contributed by atoms with Gasteiger partial charge in [0.1, 0.15) is 4.90 Å². The van der Waals surface area contributed by atoms with Gasteiger partial charge in [0.15, 0.2) is 0 Å². The molecule has 0 fully saturated rings. The van der Waals surface area contributed by atoms with Gasteiger partial charge >= 0.3 is 0 Å². The highest BCUT2D eigenvalue weighted by atomic mass is 35.5. The number of para-hydroxylation sites is 1. The Morgan fingerprint density at radius 1 is 1.26 bits per heavy atom. The third-order valence-corrected chi connectivity index (χ3v) is 3.64. The van der Waals surface area contributed by atoms with Crippen LogP contribution >= 0.6 is 23.5 Å². The fourth-order valence-electron chi connectivity index (χ4n) is 1.55. The summed E-state index contributed by atoms with van der Waals surface area (Å²) in [5.74, 6) is 0. The first-order valence-corrected chi connectivity index (χ1v) is 6.70. The van der Waals surface area contributed by atoms with Gasteiger partial charge in [0.05, 0.1) is 4.92 Å². The van der Waals surface area contributed by atoms with Crippen molar-refractivity contribution in [3.63, 3.8) is 0 Å². The first-order valence-electron chi connectivity index (χ1n) is 5.50. The van der Waals surface area contributed by atoms with Crippen molar-refractivity contribution in [2.45, 2.75) is 11.8 Å². The summed E-state index contributed by atoms with van der Waals surface area (Å²) in [5, 5.41) is 11.6. The molecule has 1 N–H and O–H groups in total. The van der Waals surface area contributed by atoms with Crippen molar-refractivity contribution in [1.29, 1.82) is 0 Å². The highest BCUT2D eigenvalue weighted by molar-refractivity contribution is 8.00. The number of hydrogen-bond acceptors (Lipinski definition) is 4. The van der Waals surface area contributed by atoms with Crippen molar-refractivity contribution in [1.82, 2.24) is 0 Å². The number of halogens is 1. The second-order valence-electron chi connectivity index (χ2n) is 3.89. The Kier molecular flexibility index (Phi) is 4.29. The van der Waals surface area contributed by atoms with Crippen LogP contribution in [-0.2, 0) is 0 Å². The lowest BCUT2D eigenvalue weighted by atomic mass is 10.2. The molecule has 4 nitrogen and oxygen atoms in total. The Bertz CT molecular complexity index is 619. The van der Waals surface area contributed by atoms with Crippen LogP contribution in [-0.4, -0.2) is 4.92 Å². The Balaban J connectivity index is 2.17. The van der Waals surface area contributed by atoms with Gasteiger partial charge in [0, 0.05) is 16.8 Å². The number of rotatable bonds is 4. The monoisotopic (exact) mass is 294 g/mol. The Morgan fingerprint density at radius 3 is 2.68 bits per heavy atom. The number of aryl methyl sites for hydroxylation is 1. The summed E-state index contributed by atoms with van der Waals surface area (Å²) in [6, 6.07) is 12.1. The smallest absolute Gasteiger partial charge is 0.284 e. The van der Waals surface area contributed by atoms with Crippen LogP contribution in [0.2, 0.25) is 5.02 Å². The molecule has 2 aromatic carbocycles. The van der Waals surface area contributed by atoms with Crippen LogP contribution in [0.1, 0.15) is 5.56 Å². The van der Waals surface area contributed by atoms with E-state index in [1.165, 1.54) is 18.0 Å². The summed E-state index contributed by atoms with van der Waals surface area (Å²) >= 11 is 7.09. The fraction of sp³-hybridized carbons (Fsp3) is 0.0769. The fourth-order valence-corrected chi connectivity index (χ4v) is 2.62. The molecule has 0 saturated carbocycles. The highest BCUT2D eigenvalue weighted by Crippen LogP contribution is 2.31. The predicted octanol–water partition coefficient (Wildman–Crippen LogP) is 4.68. The number of nitro benzene ring substituents is 1. The van der Waals surface area contributed by atoms with Gasteiger partial charge in [-0.15, -0.1) is 0 Å². The molecule has 0 aliphatic rings. The van der Waals surface area contributed by atoms with E-state index in [-0.39, 0.29) is 5.69 Å². The minimum Gasteiger partial charge on any atom is -0.325 e. The van der Waals surface area contributed by atoms with E-state index in [4.69, 9.17) is 11.6 Å². The lowest BCUT2D eigenvalue weighted by molar-refractivity contribution is -0.387. The van der Waals surface area contributed by atoms with Crippen LogP contribution in [0.5, 0.6) is 0 Å². The summed E-state index contributed by atoms with van der Waals surface area (Å²) < 4.78 is 3.11. The quantitative estimate of drug-likeness (QED) is 0.505. The average Bonchev–Trinajstić information content (AvgIpc) is 2.38. The summed E-state index contributed by atoms with van der Waals surface area (Å²) in [6.07, 6.45) is 0. The summed E-state index contributed by atoms with van der Waals surface area (Å²) in [4.78, 5) is 11.1. The molecule has 0 aliphatic carbocycles. The molecule has 2 aromatic rings. The van der Waals surface area contributed by atoms with Crippen molar-refractivity contribution < 1.29 is 4.92 Å². The SMILES string of the molecule is Cc1cc(Cl)ccc1NSc1ccccc1[N+](=O)[O-]. The second kappa shape index (κ2) is 5.95. The van der Waals surface area contributed by atoms with E-state index < -0.39 is 4.92 Å². The topological polar surface area (TPSA) is 55.2 Å². The van der Waals surface area contributed by atoms with Crippen LogP contribution < -0.4 is 4.72 Å². The standard InChI is InChI=1S/C13H11ClN2O2S/c1-9-8-10(14)6-7-11(9)15-19-13-5-3-2-4-12(13)16(17)18/h2-8,15H,1H3. The molecule has 0 bridgehead atoms. The average molecular weight is 295 g/mol. The lowest BCUT2D eigenvalue weighted by Crippen LogP contribution is -1.94. The van der Waals surface area contributed by atoms with E-state index in [0.29, 0.717) is 9.92 Å². The molecular formula is C13H11ClN2O2S. The van der Waals surface area contributed by atoms with Gasteiger partial charge in [-0.1, -0.05) is 23.7 Å². The summed E-state index contributed by atoms with van der Waals surface area (Å²) in [6.45, 7) is 1.92. The van der Waals surface area contributed by atoms with Crippen molar-refractivity contribution >= 4 is 34.9 Å². The van der Waals surface area contributed by atoms with Crippen LogP contribution in [0.4, 0.5) is 11.4 Å². The molecule has 0 saturated heterocycles. The number of nitrogens with one attached hydrogen (secondary N) is 1. The van der Waals surface area contributed by atoms with E-state index in [2.05, 4.69) is 4.72 Å². The third kappa shape index (κ3) is 3.39. The predicted molar refractivity (Wildman–Crippen MR) is 78.8 cm³/mol. The number of hydrogen-bond donors (Lipinski definition) is 1. The number of benzene rings is 2. The number of nitrogens with zero attached hydrogens (tertiary/aromatic N) is 1. The van der Waals surface area contributed by atoms with Crippen molar-refractivity contribution in [3.05, 3.63) is 63.2 Å². The van der Waals surface area contributed by atoms with Crippen LogP contribution in [0.15, 0.2) is 47.4 Å². The van der Waals surface area contributed by atoms with Gasteiger partial charge < -0.3 is 4.72 Å². The maximum absolute atomic E-state index is 10.9. The van der Waals surface area contributed by atoms with Crippen molar-refractivity contribution in [2.24, 2.45) is 0 Å². The lowest BCUT2D eigenvalue weighted by Gasteiger charge is -2.08. The maximum Gasteiger partial charge on any atom is 0.284 e. The largest absolute Gasteiger partial charge is 0.325 e. The molecule has 19 heavy (non-hydrogen) atoms. The van der Waals surface area contributed by atoms with Crippen LogP contribution in [0.25, 0.3) is 0 Å². The van der Waals surface area contributed by atoms with Crippen molar-refractivity contribution in [2.75, 3.05) is 4.72 Å². The summed E-state index contributed by atoms with van der Waals surface area (Å²) in [7, 11) is 0. The normalized spacial score (nSPS) is 10.2. The minimum atomic E-state index is -0.390. The molecule has 0 amide bonds. The molecule has 0 radical (unpaired) electrons. The molecule has 0 aromatic heterocycles. The van der Waals surface area contributed by atoms with Gasteiger partial charge in [0.25, 0.3) is 5.69 Å². The van der Waals surface area contributed by atoms with Gasteiger partial charge in [-0.3, -0.25) is 10.1 Å². The van der Waals surface area contributed by atoms with Crippen LogP contribution in [0, 0.1) is 17.0 Å². The van der Waals surface area contributed by atoms with Gasteiger partial charge in [0.2, 0.25) is 0 Å². The van der Waals surface area contributed by atoms with Gasteiger partial charge in [-0.2, -0.15) is 0 Å². The van der Waals surface area contributed by atoms with E-state index in [9.17, 15) is 10.1 Å². The molecule has 0 aliphatic heterocycles. The van der Waals surface area contributed by atoms with Gasteiger partial charge in [-0.25, -0.2) is 0 Å². The Morgan fingerprint density at radius 2 is 2.00 bits per heavy atom. The highest BCUT2D eigenvalue weighted by Gasteiger charge is 2.13. The first-order chi connectivity index (χ1) is 9.08.